The van der Waals surface area contributed by atoms with Crippen molar-refractivity contribution in [1.29, 1.82) is 0 Å². The number of alkyl halides is 1. The lowest BCUT2D eigenvalue weighted by molar-refractivity contribution is 0.613. The van der Waals surface area contributed by atoms with Gasteiger partial charge in [-0.3, -0.25) is 0 Å². The second kappa shape index (κ2) is 5.59. The van der Waals surface area contributed by atoms with Crippen molar-refractivity contribution in [2.75, 3.05) is 0 Å². The van der Waals surface area contributed by atoms with Gasteiger partial charge in [-0.05, 0) is 35.9 Å². The average Bonchev–Trinajstić information content (AvgIpc) is 2.79. The quantitative estimate of drug-likeness (QED) is 0.554. The van der Waals surface area contributed by atoms with Gasteiger partial charge < -0.3 is 9.97 Å². The molecule has 1 aromatic heterocycles. The summed E-state index contributed by atoms with van der Waals surface area (Å²) in [5.74, 6) is -0.351. The first-order chi connectivity index (χ1) is 9.95. The van der Waals surface area contributed by atoms with Gasteiger partial charge in [-0.2, -0.15) is 0 Å². The van der Waals surface area contributed by atoms with E-state index in [4.69, 9.17) is 11.6 Å². The predicted molar refractivity (Wildman–Crippen MR) is 88.8 cm³/mol. The van der Waals surface area contributed by atoms with Crippen molar-refractivity contribution in [3.63, 3.8) is 0 Å². The smallest absolute Gasteiger partial charge is 0.306 e. The molecule has 0 fully saturated rings. The highest BCUT2D eigenvalue weighted by Crippen LogP contribution is 2.38. The molecule has 2 aromatic carbocycles. The number of hydrogen-bond acceptors (Lipinski definition) is 1. The molecule has 0 aliphatic heterocycles. The van der Waals surface area contributed by atoms with Crippen molar-refractivity contribution >= 4 is 54.5 Å². The standard InChI is InChI=1S/C14H8Br2ClFN2O/c15-9-5-12-11(19-14(21)20-12)4-7(9)13(16)8-3-6(17)1-2-10(8)18/h1-5,13H,(H2,19,20,21). The Bertz CT molecular complexity index is 890. The summed E-state index contributed by atoms with van der Waals surface area (Å²) in [6.07, 6.45) is 0. The van der Waals surface area contributed by atoms with Crippen LogP contribution in [0.15, 0.2) is 39.6 Å². The molecule has 7 heteroatoms. The lowest BCUT2D eigenvalue weighted by atomic mass is 10.0. The van der Waals surface area contributed by atoms with Crippen molar-refractivity contribution in [3.05, 3.63) is 67.3 Å². The summed E-state index contributed by atoms with van der Waals surface area (Å²) in [6, 6.07) is 7.97. The lowest BCUT2D eigenvalue weighted by Crippen LogP contribution is -1.99. The molecule has 1 unspecified atom stereocenters. The summed E-state index contributed by atoms with van der Waals surface area (Å²) >= 11 is 12.9. The first-order valence-corrected chi connectivity index (χ1v) is 8.05. The maximum Gasteiger partial charge on any atom is 0.323 e. The molecule has 0 bridgehead atoms. The number of halogens is 4. The fraction of sp³-hybridized carbons (Fsp3) is 0.0714. The summed E-state index contributed by atoms with van der Waals surface area (Å²) in [5.41, 5.74) is 2.28. The van der Waals surface area contributed by atoms with Gasteiger partial charge in [0.25, 0.3) is 0 Å². The summed E-state index contributed by atoms with van der Waals surface area (Å²) in [5, 5.41) is 0.461. The first-order valence-electron chi connectivity index (χ1n) is 5.96. The van der Waals surface area contributed by atoms with E-state index in [-0.39, 0.29) is 11.5 Å². The van der Waals surface area contributed by atoms with Gasteiger partial charge in [-0.25, -0.2) is 9.18 Å². The van der Waals surface area contributed by atoms with Crippen LogP contribution in [0.25, 0.3) is 11.0 Å². The van der Waals surface area contributed by atoms with Crippen molar-refractivity contribution in [1.82, 2.24) is 9.97 Å². The molecular formula is C14H8Br2ClFN2O. The van der Waals surface area contributed by atoms with Gasteiger partial charge in [0.05, 0.1) is 15.9 Å². The van der Waals surface area contributed by atoms with Gasteiger partial charge >= 0.3 is 5.69 Å². The van der Waals surface area contributed by atoms with Crippen LogP contribution in [0.1, 0.15) is 16.0 Å². The minimum atomic E-state index is -0.395. The van der Waals surface area contributed by atoms with Crippen molar-refractivity contribution in [2.24, 2.45) is 0 Å². The van der Waals surface area contributed by atoms with E-state index in [1.807, 2.05) is 0 Å². The first kappa shape index (κ1) is 14.8. The molecule has 2 N–H and O–H groups in total. The van der Waals surface area contributed by atoms with E-state index in [1.54, 1.807) is 18.2 Å². The molecule has 1 atom stereocenters. The fourth-order valence-corrected chi connectivity index (χ4v) is 3.93. The van der Waals surface area contributed by atoms with E-state index in [9.17, 15) is 9.18 Å². The highest BCUT2D eigenvalue weighted by atomic mass is 79.9. The number of hydrogen-bond donors (Lipinski definition) is 2. The Kier molecular flexibility index (Phi) is 3.94. The topological polar surface area (TPSA) is 48.6 Å². The fourth-order valence-electron chi connectivity index (χ4n) is 2.14. The molecule has 108 valence electrons. The van der Waals surface area contributed by atoms with Gasteiger partial charge in [-0.15, -0.1) is 0 Å². The van der Waals surface area contributed by atoms with E-state index < -0.39 is 4.83 Å². The molecule has 21 heavy (non-hydrogen) atoms. The third-order valence-corrected chi connectivity index (χ3v) is 5.05. The van der Waals surface area contributed by atoms with E-state index in [2.05, 4.69) is 41.8 Å². The molecule has 0 radical (unpaired) electrons. The predicted octanol–water partition coefficient (Wildman–Crippen LogP) is 4.90. The maximum atomic E-state index is 14.0. The Morgan fingerprint density at radius 3 is 2.48 bits per heavy atom. The SMILES string of the molecule is O=c1[nH]c2cc(Br)c(C(Br)c3cc(Cl)ccc3F)cc2[nH]1. The normalized spacial score (nSPS) is 12.8. The number of rotatable bonds is 2. The largest absolute Gasteiger partial charge is 0.323 e. The van der Waals surface area contributed by atoms with Crippen LogP contribution in [0, 0.1) is 5.82 Å². The highest BCUT2D eigenvalue weighted by Gasteiger charge is 2.19. The zero-order valence-corrected chi connectivity index (χ0v) is 14.3. The number of fused-ring (bicyclic) bond motifs is 1. The van der Waals surface area contributed by atoms with Crippen LogP contribution in [0.3, 0.4) is 0 Å². The minimum Gasteiger partial charge on any atom is -0.306 e. The summed E-state index contributed by atoms with van der Waals surface area (Å²) in [4.78, 5) is 16.3. The Labute approximate surface area is 140 Å². The molecule has 0 spiro atoms. The number of imidazole rings is 1. The molecule has 0 aliphatic carbocycles. The van der Waals surface area contributed by atoms with Crippen LogP contribution >= 0.6 is 43.5 Å². The molecule has 0 amide bonds. The van der Waals surface area contributed by atoms with Gasteiger partial charge in [0.1, 0.15) is 5.82 Å². The average molecular weight is 434 g/mol. The lowest BCUT2D eigenvalue weighted by Gasteiger charge is -2.14. The Morgan fingerprint density at radius 1 is 1.10 bits per heavy atom. The molecule has 0 saturated carbocycles. The monoisotopic (exact) mass is 432 g/mol. The number of benzene rings is 2. The number of nitrogens with one attached hydrogen (secondary N) is 2. The molecule has 1 heterocycles. The van der Waals surface area contributed by atoms with Crippen molar-refractivity contribution in [3.8, 4) is 0 Å². The van der Waals surface area contributed by atoms with E-state index in [0.717, 1.165) is 10.0 Å². The van der Waals surface area contributed by atoms with Crippen LogP contribution in [-0.4, -0.2) is 9.97 Å². The second-order valence-electron chi connectivity index (χ2n) is 4.53. The zero-order valence-electron chi connectivity index (χ0n) is 10.4. The van der Waals surface area contributed by atoms with Crippen LogP contribution in [0.2, 0.25) is 5.02 Å². The second-order valence-corrected chi connectivity index (χ2v) is 6.73. The Balaban J connectivity index is 2.16. The van der Waals surface area contributed by atoms with Gasteiger partial charge in [-0.1, -0.05) is 43.5 Å². The number of H-pyrrole nitrogens is 2. The summed E-state index contributed by atoms with van der Waals surface area (Å²) in [6.45, 7) is 0. The molecule has 3 aromatic rings. The van der Waals surface area contributed by atoms with Crippen LogP contribution in [0.5, 0.6) is 0 Å². The minimum absolute atomic E-state index is 0.283. The highest BCUT2D eigenvalue weighted by molar-refractivity contribution is 9.11. The zero-order chi connectivity index (χ0) is 15.1. The van der Waals surface area contributed by atoms with Crippen LogP contribution in [0.4, 0.5) is 4.39 Å². The number of aromatic amines is 2. The molecule has 0 aliphatic rings. The van der Waals surface area contributed by atoms with Gasteiger partial charge in [0.2, 0.25) is 0 Å². The van der Waals surface area contributed by atoms with Crippen LogP contribution < -0.4 is 5.69 Å². The maximum absolute atomic E-state index is 14.0. The molecule has 3 nitrogen and oxygen atoms in total. The third kappa shape index (κ3) is 2.80. The van der Waals surface area contributed by atoms with E-state index in [1.165, 1.54) is 12.1 Å². The van der Waals surface area contributed by atoms with Crippen molar-refractivity contribution in [2.45, 2.75) is 4.83 Å². The Hall–Kier alpha value is -1.11. The summed E-state index contributed by atoms with van der Waals surface area (Å²) in [7, 11) is 0. The molecular weight excluding hydrogens is 426 g/mol. The van der Waals surface area contributed by atoms with E-state index in [0.29, 0.717) is 21.6 Å². The number of aromatic nitrogens is 2. The van der Waals surface area contributed by atoms with Crippen LogP contribution in [-0.2, 0) is 0 Å². The van der Waals surface area contributed by atoms with E-state index >= 15 is 0 Å². The summed E-state index contributed by atoms with van der Waals surface area (Å²) < 4.78 is 14.7. The molecule has 3 rings (SSSR count). The van der Waals surface area contributed by atoms with Gasteiger partial charge in [0.15, 0.2) is 0 Å². The third-order valence-electron chi connectivity index (χ3n) is 3.14. The van der Waals surface area contributed by atoms with Crippen molar-refractivity contribution < 1.29 is 4.39 Å². The Morgan fingerprint density at radius 2 is 1.76 bits per heavy atom. The van der Waals surface area contributed by atoms with Gasteiger partial charge in [0, 0.05) is 15.1 Å². The molecule has 0 saturated heterocycles.